The SMILES string of the molecule is C=C/C(C)=C\N(C)c1cccc(Oc2cccc(C(=O)NCc3cc(F)cc(F)c3)c2C)c1. The molecule has 0 aliphatic rings. The smallest absolute Gasteiger partial charge is 0.251 e. The van der Waals surface area contributed by atoms with Crippen LogP contribution in [0.1, 0.15) is 28.4 Å². The first kappa shape index (κ1) is 23.7. The molecule has 0 bridgehead atoms. The van der Waals surface area contributed by atoms with Gasteiger partial charge in [-0.05, 0) is 61.4 Å². The van der Waals surface area contributed by atoms with Crippen molar-refractivity contribution in [1.29, 1.82) is 0 Å². The molecule has 3 rings (SSSR count). The first-order chi connectivity index (χ1) is 15.8. The number of halogens is 2. The predicted molar refractivity (Wildman–Crippen MR) is 128 cm³/mol. The fourth-order valence-corrected chi connectivity index (χ4v) is 3.29. The Hall–Kier alpha value is -3.93. The Balaban J connectivity index is 1.75. The zero-order valence-electron chi connectivity index (χ0n) is 18.9. The number of carbonyl (C=O) groups is 1. The summed E-state index contributed by atoms with van der Waals surface area (Å²) in [4.78, 5) is 14.7. The van der Waals surface area contributed by atoms with E-state index in [0.29, 0.717) is 28.2 Å². The minimum absolute atomic E-state index is 0.00403. The maximum absolute atomic E-state index is 13.4. The summed E-state index contributed by atoms with van der Waals surface area (Å²) in [7, 11) is 1.94. The summed E-state index contributed by atoms with van der Waals surface area (Å²) >= 11 is 0. The third kappa shape index (κ3) is 6.29. The van der Waals surface area contributed by atoms with Gasteiger partial charge < -0.3 is 15.0 Å². The Labute approximate surface area is 192 Å². The molecule has 0 aliphatic heterocycles. The summed E-state index contributed by atoms with van der Waals surface area (Å²) in [6.07, 6.45) is 3.74. The standard InChI is InChI=1S/C27H26F2N2O2/c1-5-18(2)17-31(4)23-8-6-9-24(15-23)33-26-11-7-10-25(19(26)3)27(32)30-16-20-12-21(28)14-22(29)13-20/h5-15,17H,1,16H2,2-4H3,(H,30,32)/b18-17-. The van der Waals surface area contributed by atoms with Crippen molar-refractivity contribution in [3.8, 4) is 11.5 Å². The molecule has 0 aromatic heterocycles. The zero-order valence-corrected chi connectivity index (χ0v) is 18.9. The van der Waals surface area contributed by atoms with Crippen LogP contribution in [0.15, 0.2) is 85.1 Å². The third-order valence-electron chi connectivity index (χ3n) is 5.08. The minimum Gasteiger partial charge on any atom is -0.457 e. The lowest BCUT2D eigenvalue weighted by Gasteiger charge is -2.17. The number of hydrogen-bond acceptors (Lipinski definition) is 3. The molecule has 0 saturated heterocycles. The maximum atomic E-state index is 13.4. The van der Waals surface area contributed by atoms with E-state index in [0.717, 1.165) is 17.3 Å². The molecular formula is C27H26F2N2O2. The van der Waals surface area contributed by atoms with E-state index in [1.807, 2.05) is 49.3 Å². The van der Waals surface area contributed by atoms with Crippen molar-refractivity contribution in [2.24, 2.45) is 0 Å². The number of carbonyl (C=O) groups excluding carboxylic acids is 1. The second kappa shape index (κ2) is 10.6. The number of anilines is 1. The van der Waals surface area contributed by atoms with Crippen molar-refractivity contribution in [3.05, 3.63) is 113 Å². The van der Waals surface area contributed by atoms with Gasteiger partial charge in [0.25, 0.3) is 5.91 Å². The summed E-state index contributed by atoms with van der Waals surface area (Å²) in [5.41, 5.74) is 3.37. The second-order valence-electron chi connectivity index (χ2n) is 7.68. The highest BCUT2D eigenvalue weighted by Gasteiger charge is 2.14. The van der Waals surface area contributed by atoms with E-state index in [1.54, 1.807) is 31.2 Å². The van der Waals surface area contributed by atoms with Crippen molar-refractivity contribution in [3.63, 3.8) is 0 Å². The molecule has 0 unspecified atom stereocenters. The summed E-state index contributed by atoms with van der Waals surface area (Å²) in [5, 5.41) is 2.70. The van der Waals surface area contributed by atoms with E-state index >= 15 is 0 Å². The lowest BCUT2D eigenvalue weighted by atomic mass is 10.1. The number of ether oxygens (including phenoxy) is 1. The minimum atomic E-state index is -0.686. The molecule has 0 fully saturated rings. The molecule has 0 spiro atoms. The van der Waals surface area contributed by atoms with Crippen LogP contribution in [0, 0.1) is 18.6 Å². The normalized spacial score (nSPS) is 11.1. The lowest BCUT2D eigenvalue weighted by Crippen LogP contribution is -2.23. The Morgan fingerprint density at radius 2 is 1.79 bits per heavy atom. The quantitative estimate of drug-likeness (QED) is 0.399. The van der Waals surface area contributed by atoms with Crippen molar-refractivity contribution >= 4 is 11.6 Å². The highest BCUT2D eigenvalue weighted by Crippen LogP contribution is 2.29. The number of amides is 1. The first-order valence-electron chi connectivity index (χ1n) is 10.4. The second-order valence-corrected chi connectivity index (χ2v) is 7.68. The molecule has 0 saturated carbocycles. The van der Waals surface area contributed by atoms with E-state index in [2.05, 4.69) is 11.9 Å². The van der Waals surface area contributed by atoms with Gasteiger partial charge in [0.2, 0.25) is 0 Å². The number of hydrogen-bond donors (Lipinski definition) is 1. The predicted octanol–water partition coefficient (Wildman–Crippen LogP) is 6.52. The first-order valence-corrected chi connectivity index (χ1v) is 10.4. The van der Waals surface area contributed by atoms with E-state index in [-0.39, 0.29) is 12.5 Å². The van der Waals surface area contributed by atoms with Crippen molar-refractivity contribution in [1.82, 2.24) is 5.32 Å². The van der Waals surface area contributed by atoms with Gasteiger partial charge in [-0.3, -0.25) is 4.79 Å². The molecule has 4 nitrogen and oxygen atoms in total. The largest absolute Gasteiger partial charge is 0.457 e. The molecular weight excluding hydrogens is 422 g/mol. The van der Waals surface area contributed by atoms with Gasteiger partial charge in [0.15, 0.2) is 0 Å². The molecule has 0 heterocycles. The van der Waals surface area contributed by atoms with Crippen LogP contribution >= 0.6 is 0 Å². The molecule has 0 radical (unpaired) electrons. The fourth-order valence-electron chi connectivity index (χ4n) is 3.29. The van der Waals surface area contributed by atoms with Gasteiger partial charge in [-0.15, -0.1) is 0 Å². The highest BCUT2D eigenvalue weighted by molar-refractivity contribution is 5.96. The zero-order chi connectivity index (χ0) is 24.0. The van der Waals surface area contributed by atoms with Crippen molar-refractivity contribution in [2.75, 3.05) is 11.9 Å². The van der Waals surface area contributed by atoms with Gasteiger partial charge in [-0.1, -0.05) is 24.8 Å². The average Bonchev–Trinajstić information content (AvgIpc) is 2.78. The molecule has 3 aromatic rings. The van der Waals surface area contributed by atoms with Crippen LogP contribution in [-0.2, 0) is 6.54 Å². The van der Waals surface area contributed by atoms with Gasteiger partial charge in [0, 0.05) is 48.7 Å². The van der Waals surface area contributed by atoms with Crippen LogP contribution in [0.3, 0.4) is 0 Å². The van der Waals surface area contributed by atoms with Crippen molar-refractivity contribution in [2.45, 2.75) is 20.4 Å². The molecule has 1 amide bonds. The molecule has 6 heteroatoms. The van der Waals surface area contributed by atoms with Gasteiger partial charge in [0.1, 0.15) is 23.1 Å². The fraction of sp³-hybridized carbons (Fsp3) is 0.148. The molecule has 0 atom stereocenters. The average molecular weight is 449 g/mol. The van der Waals surface area contributed by atoms with Crippen LogP contribution in [0.25, 0.3) is 0 Å². The molecule has 170 valence electrons. The molecule has 1 N–H and O–H groups in total. The number of nitrogens with zero attached hydrogens (tertiary/aromatic N) is 1. The van der Waals surface area contributed by atoms with E-state index < -0.39 is 11.6 Å². The molecule has 0 aliphatic carbocycles. The number of nitrogens with one attached hydrogen (secondary N) is 1. The summed E-state index contributed by atoms with van der Waals surface area (Å²) in [5.74, 6) is -0.569. The summed E-state index contributed by atoms with van der Waals surface area (Å²) in [6.45, 7) is 7.53. The highest BCUT2D eigenvalue weighted by atomic mass is 19.1. The Kier molecular flexibility index (Phi) is 7.61. The van der Waals surface area contributed by atoms with Gasteiger partial charge >= 0.3 is 0 Å². The van der Waals surface area contributed by atoms with Crippen molar-refractivity contribution < 1.29 is 18.3 Å². The van der Waals surface area contributed by atoms with Gasteiger partial charge in [-0.25, -0.2) is 8.78 Å². The number of rotatable bonds is 8. The Morgan fingerprint density at radius 1 is 1.09 bits per heavy atom. The number of benzene rings is 3. The van der Waals surface area contributed by atoms with Gasteiger partial charge in [-0.2, -0.15) is 0 Å². The van der Waals surface area contributed by atoms with E-state index in [1.165, 1.54) is 12.1 Å². The third-order valence-corrected chi connectivity index (χ3v) is 5.08. The summed E-state index contributed by atoms with van der Waals surface area (Å²) < 4.78 is 32.8. The number of allylic oxidation sites excluding steroid dienone is 2. The van der Waals surface area contributed by atoms with Crippen LogP contribution < -0.4 is 15.0 Å². The monoisotopic (exact) mass is 448 g/mol. The topological polar surface area (TPSA) is 41.6 Å². The van der Waals surface area contributed by atoms with Crippen LogP contribution in [0.2, 0.25) is 0 Å². The molecule has 3 aromatic carbocycles. The Morgan fingerprint density at radius 3 is 2.48 bits per heavy atom. The summed E-state index contributed by atoms with van der Waals surface area (Å²) in [6, 6.07) is 15.9. The molecule has 33 heavy (non-hydrogen) atoms. The van der Waals surface area contributed by atoms with Crippen LogP contribution in [0.4, 0.5) is 14.5 Å². The van der Waals surface area contributed by atoms with Crippen LogP contribution in [-0.4, -0.2) is 13.0 Å². The van der Waals surface area contributed by atoms with E-state index in [9.17, 15) is 13.6 Å². The lowest BCUT2D eigenvalue weighted by molar-refractivity contribution is 0.0950. The van der Waals surface area contributed by atoms with Crippen LogP contribution in [0.5, 0.6) is 11.5 Å². The maximum Gasteiger partial charge on any atom is 0.251 e. The Bertz CT molecular complexity index is 1180. The van der Waals surface area contributed by atoms with E-state index in [4.69, 9.17) is 4.74 Å². The van der Waals surface area contributed by atoms with Gasteiger partial charge in [0.05, 0.1) is 0 Å².